The second-order valence-electron chi connectivity index (χ2n) is 6.58. The SMILES string of the molecule is COc1ccc(OCC(=O)NN=Cc2ccc(OC(=O)c3ccc(C)cc3)cc2)cc1. The Hall–Kier alpha value is -4.13. The lowest BCUT2D eigenvalue weighted by Crippen LogP contribution is -2.24. The molecule has 0 saturated carbocycles. The minimum absolute atomic E-state index is 0.169. The molecule has 0 heterocycles. The molecule has 0 aliphatic rings. The van der Waals surface area contributed by atoms with Gasteiger partial charge < -0.3 is 14.2 Å². The van der Waals surface area contributed by atoms with Crippen molar-refractivity contribution in [2.45, 2.75) is 6.92 Å². The Morgan fingerprint density at radius 2 is 1.48 bits per heavy atom. The molecule has 0 bridgehead atoms. The first-order valence-corrected chi connectivity index (χ1v) is 9.51. The first-order valence-electron chi connectivity index (χ1n) is 9.51. The fourth-order valence-corrected chi connectivity index (χ4v) is 2.51. The number of nitrogens with zero attached hydrogens (tertiary/aromatic N) is 1. The number of amides is 1. The van der Waals surface area contributed by atoms with Gasteiger partial charge in [-0.25, -0.2) is 10.2 Å². The van der Waals surface area contributed by atoms with Gasteiger partial charge in [0.2, 0.25) is 0 Å². The smallest absolute Gasteiger partial charge is 0.343 e. The molecular formula is C24H22N2O5. The highest BCUT2D eigenvalue weighted by Gasteiger charge is 2.08. The molecule has 0 aliphatic heterocycles. The number of aryl methyl sites for hydroxylation is 1. The maximum atomic E-state index is 12.1. The van der Waals surface area contributed by atoms with Gasteiger partial charge in [-0.05, 0) is 73.2 Å². The number of nitrogens with one attached hydrogen (secondary N) is 1. The number of hydrogen-bond acceptors (Lipinski definition) is 6. The van der Waals surface area contributed by atoms with Crippen LogP contribution in [-0.4, -0.2) is 31.8 Å². The predicted octanol–water partition coefficient (Wildman–Crippen LogP) is 3.75. The third-order valence-corrected chi connectivity index (χ3v) is 4.21. The number of esters is 1. The molecule has 0 aliphatic carbocycles. The molecule has 1 amide bonds. The van der Waals surface area contributed by atoms with Crippen LogP contribution in [0.5, 0.6) is 17.2 Å². The zero-order chi connectivity index (χ0) is 22.1. The van der Waals surface area contributed by atoms with Crippen LogP contribution in [0.2, 0.25) is 0 Å². The minimum Gasteiger partial charge on any atom is -0.497 e. The molecule has 7 nitrogen and oxygen atoms in total. The molecule has 3 aromatic carbocycles. The van der Waals surface area contributed by atoms with Crippen molar-refractivity contribution >= 4 is 18.1 Å². The normalized spacial score (nSPS) is 10.5. The topological polar surface area (TPSA) is 86.2 Å². The Morgan fingerprint density at radius 3 is 2.13 bits per heavy atom. The number of carbonyl (C=O) groups excluding carboxylic acids is 2. The molecule has 0 aromatic heterocycles. The van der Waals surface area contributed by atoms with Crippen molar-refractivity contribution in [1.82, 2.24) is 5.43 Å². The first-order chi connectivity index (χ1) is 15.0. The molecule has 7 heteroatoms. The van der Waals surface area contributed by atoms with Gasteiger partial charge in [0.1, 0.15) is 17.2 Å². The van der Waals surface area contributed by atoms with Crippen LogP contribution in [-0.2, 0) is 4.79 Å². The summed E-state index contributed by atoms with van der Waals surface area (Å²) in [6.45, 7) is 1.78. The van der Waals surface area contributed by atoms with E-state index in [4.69, 9.17) is 14.2 Å². The lowest BCUT2D eigenvalue weighted by molar-refractivity contribution is -0.123. The van der Waals surface area contributed by atoms with Crippen LogP contribution in [0.1, 0.15) is 21.5 Å². The van der Waals surface area contributed by atoms with Gasteiger partial charge in [-0.15, -0.1) is 0 Å². The summed E-state index contributed by atoms with van der Waals surface area (Å²) in [7, 11) is 1.58. The average Bonchev–Trinajstić information content (AvgIpc) is 2.79. The summed E-state index contributed by atoms with van der Waals surface area (Å²) in [6.07, 6.45) is 1.48. The van der Waals surface area contributed by atoms with Gasteiger partial charge in [0.05, 0.1) is 18.9 Å². The van der Waals surface area contributed by atoms with Gasteiger partial charge in [-0.1, -0.05) is 17.7 Å². The Bertz CT molecular complexity index is 1040. The molecule has 1 N–H and O–H groups in total. The van der Waals surface area contributed by atoms with Crippen molar-refractivity contribution in [3.05, 3.63) is 89.5 Å². The number of carbonyl (C=O) groups is 2. The van der Waals surface area contributed by atoms with Crippen LogP contribution in [0.3, 0.4) is 0 Å². The first kappa shape index (κ1) is 21.6. The number of methoxy groups -OCH3 is 1. The van der Waals surface area contributed by atoms with Crippen molar-refractivity contribution in [2.75, 3.05) is 13.7 Å². The van der Waals surface area contributed by atoms with Crippen LogP contribution in [0.4, 0.5) is 0 Å². The summed E-state index contributed by atoms with van der Waals surface area (Å²) in [4.78, 5) is 24.0. The molecule has 0 fully saturated rings. The zero-order valence-corrected chi connectivity index (χ0v) is 17.2. The summed E-state index contributed by atoms with van der Waals surface area (Å²) < 4.78 is 15.8. The monoisotopic (exact) mass is 418 g/mol. The Labute approximate surface area is 180 Å². The molecule has 0 radical (unpaired) electrons. The summed E-state index contributed by atoms with van der Waals surface area (Å²) >= 11 is 0. The lowest BCUT2D eigenvalue weighted by atomic mass is 10.1. The highest BCUT2D eigenvalue weighted by molar-refractivity contribution is 5.91. The van der Waals surface area contributed by atoms with Crippen LogP contribution in [0.15, 0.2) is 77.9 Å². The molecule has 3 rings (SSSR count). The van der Waals surface area contributed by atoms with E-state index in [0.29, 0.717) is 22.8 Å². The van der Waals surface area contributed by atoms with Crippen LogP contribution in [0, 0.1) is 6.92 Å². The minimum atomic E-state index is -0.425. The molecule has 0 unspecified atom stereocenters. The molecule has 0 spiro atoms. The maximum Gasteiger partial charge on any atom is 0.343 e. The van der Waals surface area contributed by atoms with Crippen molar-refractivity contribution in [1.29, 1.82) is 0 Å². The van der Waals surface area contributed by atoms with Gasteiger partial charge >= 0.3 is 5.97 Å². The van der Waals surface area contributed by atoms with Gasteiger partial charge in [0.15, 0.2) is 6.61 Å². The van der Waals surface area contributed by atoms with E-state index in [0.717, 1.165) is 11.1 Å². The van der Waals surface area contributed by atoms with E-state index in [2.05, 4.69) is 10.5 Å². The number of benzene rings is 3. The fourth-order valence-electron chi connectivity index (χ4n) is 2.51. The number of hydrazone groups is 1. The number of ether oxygens (including phenoxy) is 3. The molecular weight excluding hydrogens is 396 g/mol. The van der Waals surface area contributed by atoms with E-state index < -0.39 is 11.9 Å². The number of hydrogen-bond donors (Lipinski definition) is 1. The van der Waals surface area contributed by atoms with E-state index in [1.165, 1.54) is 6.21 Å². The highest BCUT2D eigenvalue weighted by atomic mass is 16.5. The molecule has 3 aromatic rings. The van der Waals surface area contributed by atoms with E-state index >= 15 is 0 Å². The Kier molecular flexibility index (Phi) is 7.37. The molecule has 0 saturated heterocycles. The van der Waals surface area contributed by atoms with Crippen molar-refractivity contribution in [2.24, 2.45) is 5.10 Å². The highest BCUT2D eigenvalue weighted by Crippen LogP contribution is 2.17. The van der Waals surface area contributed by atoms with E-state index in [1.54, 1.807) is 67.8 Å². The second-order valence-corrected chi connectivity index (χ2v) is 6.58. The van der Waals surface area contributed by atoms with E-state index in [1.807, 2.05) is 19.1 Å². The average molecular weight is 418 g/mol. The van der Waals surface area contributed by atoms with Gasteiger partial charge in [-0.3, -0.25) is 4.79 Å². The van der Waals surface area contributed by atoms with Gasteiger partial charge in [-0.2, -0.15) is 5.10 Å². The standard InChI is InChI=1S/C24H22N2O5/c1-17-3-7-19(8-4-17)24(28)31-22-9-5-18(6-10-22)15-25-26-23(27)16-30-21-13-11-20(29-2)12-14-21/h3-15H,16H2,1-2H3,(H,26,27). The van der Waals surface area contributed by atoms with E-state index in [9.17, 15) is 9.59 Å². The molecule has 158 valence electrons. The van der Waals surface area contributed by atoms with Gasteiger partial charge in [0, 0.05) is 0 Å². The van der Waals surface area contributed by atoms with Crippen molar-refractivity contribution in [3.63, 3.8) is 0 Å². The fraction of sp³-hybridized carbons (Fsp3) is 0.125. The van der Waals surface area contributed by atoms with Crippen LogP contribution < -0.4 is 19.6 Å². The predicted molar refractivity (Wildman–Crippen MR) is 117 cm³/mol. The van der Waals surface area contributed by atoms with Crippen molar-refractivity contribution < 1.29 is 23.8 Å². The largest absolute Gasteiger partial charge is 0.497 e. The third kappa shape index (κ3) is 6.71. The number of rotatable bonds is 8. The third-order valence-electron chi connectivity index (χ3n) is 4.21. The van der Waals surface area contributed by atoms with Crippen LogP contribution in [0.25, 0.3) is 0 Å². The molecule has 31 heavy (non-hydrogen) atoms. The Morgan fingerprint density at radius 1 is 0.871 bits per heavy atom. The van der Waals surface area contributed by atoms with Crippen molar-refractivity contribution in [3.8, 4) is 17.2 Å². The Balaban J connectivity index is 1.44. The summed E-state index contributed by atoms with van der Waals surface area (Å²) in [5.41, 5.74) is 4.67. The summed E-state index contributed by atoms with van der Waals surface area (Å²) in [6, 6.07) is 20.8. The molecule has 0 atom stereocenters. The zero-order valence-electron chi connectivity index (χ0n) is 17.2. The van der Waals surface area contributed by atoms with E-state index in [-0.39, 0.29) is 6.61 Å². The lowest BCUT2D eigenvalue weighted by Gasteiger charge is -2.06. The second kappa shape index (κ2) is 10.6. The quantitative estimate of drug-likeness (QED) is 0.261. The maximum absolute atomic E-state index is 12.1. The summed E-state index contributed by atoms with van der Waals surface area (Å²) in [5, 5.41) is 3.90. The van der Waals surface area contributed by atoms with Gasteiger partial charge in [0.25, 0.3) is 5.91 Å². The van der Waals surface area contributed by atoms with Crippen LogP contribution >= 0.6 is 0 Å². The summed E-state index contributed by atoms with van der Waals surface area (Å²) in [5.74, 6) is 0.856.